The monoisotopic (exact) mass is 196 g/mol. The third-order valence-electron chi connectivity index (χ3n) is 3.82. The molecule has 3 nitrogen and oxygen atoms in total. The van der Waals surface area contributed by atoms with Gasteiger partial charge in [-0.3, -0.25) is 4.79 Å². The van der Waals surface area contributed by atoms with E-state index in [1.54, 1.807) is 0 Å². The van der Waals surface area contributed by atoms with E-state index in [0.29, 0.717) is 0 Å². The molecule has 14 heavy (non-hydrogen) atoms. The van der Waals surface area contributed by atoms with E-state index in [2.05, 4.69) is 12.2 Å². The first kappa shape index (κ1) is 9.97. The van der Waals surface area contributed by atoms with Crippen LogP contribution in [0.15, 0.2) is 0 Å². The fourth-order valence-corrected chi connectivity index (χ4v) is 2.46. The molecule has 2 fully saturated rings. The Morgan fingerprint density at radius 3 is 2.14 bits per heavy atom. The minimum absolute atomic E-state index is 0.0477. The first-order chi connectivity index (χ1) is 6.54. The number of nitrogens with one attached hydrogen (secondary N) is 1. The summed E-state index contributed by atoms with van der Waals surface area (Å²) in [5.41, 5.74) is 5.57. The third-order valence-corrected chi connectivity index (χ3v) is 3.82. The highest BCUT2D eigenvalue weighted by atomic mass is 16.2. The molecular formula is C11H20N2O. The van der Waals surface area contributed by atoms with Gasteiger partial charge in [-0.2, -0.15) is 0 Å². The van der Waals surface area contributed by atoms with Gasteiger partial charge in [0.1, 0.15) is 0 Å². The van der Waals surface area contributed by atoms with Crippen LogP contribution in [0.2, 0.25) is 0 Å². The number of carbonyl (C=O) groups is 1. The highest BCUT2D eigenvalue weighted by Crippen LogP contribution is 2.33. The van der Waals surface area contributed by atoms with Gasteiger partial charge < -0.3 is 11.1 Å². The lowest BCUT2D eigenvalue weighted by Crippen LogP contribution is -2.60. The minimum Gasteiger partial charge on any atom is -0.349 e. The van der Waals surface area contributed by atoms with E-state index in [1.165, 1.54) is 6.42 Å². The van der Waals surface area contributed by atoms with Gasteiger partial charge in [-0.15, -0.1) is 0 Å². The zero-order chi connectivity index (χ0) is 10.2. The fraction of sp³-hybridized carbons (Fsp3) is 0.909. The molecule has 3 N–H and O–H groups in total. The number of carbonyl (C=O) groups excluding carboxylic acids is 1. The number of hydrogen-bond donors (Lipinski definition) is 2. The van der Waals surface area contributed by atoms with Crippen LogP contribution in [0.4, 0.5) is 0 Å². The zero-order valence-corrected chi connectivity index (χ0v) is 8.94. The maximum absolute atomic E-state index is 11.9. The lowest BCUT2D eigenvalue weighted by Gasteiger charge is -2.41. The molecule has 1 amide bonds. The summed E-state index contributed by atoms with van der Waals surface area (Å²) in [5, 5.41) is 3.11. The Bertz CT molecular complexity index is 240. The number of amides is 1. The predicted octanol–water partition coefficient (Wildman–Crippen LogP) is 1.32. The Labute approximate surface area is 85.4 Å². The summed E-state index contributed by atoms with van der Waals surface area (Å²) in [6.07, 6.45) is 7.35. The van der Waals surface area contributed by atoms with Crippen LogP contribution < -0.4 is 11.1 Å². The van der Waals surface area contributed by atoms with Crippen LogP contribution in [0.5, 0.6) is 0 Å². The van der Waals surface area contributed by atoms with Crippen molar-refractivity contribution >= 4 is 5.91 Å². The molecular weight excluding hydrogens is 176 g/mol. The quantitative estimate of drug-likeness (QED) is 0.699. The molecule has 0 saturated heterocycles. The second-order valence-corrected chi connectivity index (χ2v) is 5.23. The van der Waals surface area contributed by atoms with Crippen LogP contribution in [-0.4, -0.2) is 17.0 Å². The van der Waals surface area contributed by atoms with Gasteiger partial charge in [-0.05, 0) is 39.0 Å². The van der Waals surface area contributed by atoms with Gasteiger partial charge in [0.15, 0.2) is 0 Å². The predicted molar refractivity (Wildman–Crippen MR) is 55.8 cm³/mol. The van der Waals surface area contributed by atoms with Crippen molar-refractivity contribution in [1.29, 1.82) is 0 Å². The Morgan fingerprint density at radius 1 is 1.14 bits per heavy atom. The van der Waals surface area contributed by atoms with Crippen molar-refractivity contribution in [3.63, 3.8) is 0 Å². The second-order valence-electron chi connectivity index (χ2n) is 5.23. The molecule has 2 aliphatic rings. The van der Waals surface area contributed by atoms with E-state index in [0.717, 1.165) is 38.5 Å². The van der Waals surface area contributed by atoms with Crippen LogP contribution in [0.25, 0.3) is 0 Å². The molecule has 0 aromatic rings. The molecule has 0 aliphatic heterocycles. The average molecular weight is 196 g/mol. The molecule has 0 aromatic carbocycles. The third kappa shape index (κ3) is 1.65. The summed E-state index contributed by atoms with van der Waals surface area (Å²) in [4.78, 5) is 11.9. The van der Waals surface area contributed by atoms with E-state index < -0.39 is 5.54 Å². The van der Waals surface area contributed by atoms with E-state index in [4.69, 9.17) is 5.73 Å². The lowest BCUT2D eigenvalue weighted by molar-refractivity contribution is -0.129. The van der Waals surface area contributed by atoms with Crippen LogP contribution in [0.1, 0.15) is 51.9 Å². The second kappa shape index (κ2) is 3.23. The highest BCUT2D eigenvalue weighted by molar-refractivity contribution is 5.87. The summed E-state index contributed by atoms with van der Waals surface area (Å²) < 4.78 is 0. The standard InChI is InChI=1S/C11H20N2O/c1-10(5-4-6-10)13-9(14)11(12)7-2-3-8-11/h2-8,12H2,1H3,(H,13,14). The van der Waals surface area contributed by atoms with Crippen molar-refractivity contribution in [1.82, 2.24) is 5.32 Å². The molecule has 2 rings (SSSR count). The fourth-order valence-electron chi connectivity index (χ4n) is 2.46. The maximum Gasteiger partial charge on any atom is 0.240 e. The van der Waals surface area contributed by atoms with Gasteiger partial charge >= 0.3 is 0 Å². The molecule has 2 aliphatic carbocycles. The first-order valence-corrected chi connectivity index (χ1v) is 5.66. The minimum atomic E-state index is -0.557. The van der Waals surface area contributed by atoms with Crippen molar-refractivity contribution in [2.45, 2.75) is 62.9 Å². The summed E-state index contributed by atoms with van der Waals surface area (Å²) in [7, 11) is 0. The molecule has 0 aromatic heterocycles. The maximum atomic E-state index is 11.9. The van der Waals surface area contributed by atoms with E-state index in [-0.39, 0.29) is 11.4 Å². The van der Waals surface area contributed by atoms with Gasteiger partial charge in [0.05, 0.1) is 5.54 Å². The molecule has 2 saturated carbocycles. The summed E-state index contributed by atoms with van der Waals surface area (Å²) >= 11 is 0. The summed E-state index contributed by atoms with van der Waals surface area (Å²) in [5.74, 6) is 0.0807. The Kier molecular flexibility index (Phi) is 2.30. The smallest absolute Gasteiger partial charge is 0.240 e. The molecule has 0 heterocycles. The topological polar surface area (TPSA) is 55.1 Å². The molecule has 3 heteroatoms. The first-order valence-electron chi connectivity index (χ1n) is 5.66. The van der Waals surface area contributed by atoms with Crippen LogP contribution in [-0.2, 0) is 4.79 Å². The van der Waals surface area contributed by atoms with Crippen molar-refractivity contribution in [2.24, 2.45) is 5.73 Å². The van der Waals surface area contributed by atoms with E-state index in [9.17, 15) is 4.79 Å². The van der Waals surface area contributed by atoms with Crippen molar-refractivity contribution in [3.05, 3.63) is 0 Å². The van der Waals surface area contributed by atoms with Crippen LogP contribution in [0, 0.1) is 0 Å². The Hall–Kier alpha value is -0.570. The molecule has 0 radical (unpaired) electrons. The zero-order valence-electron chi connectivity index (χ0n) is 8.94. The molecule has 80 valence electrons. The van der Waals surface area contributed by atoms with Gasteiger partial charge in [0, 0.05) is 5.54 Å². The highest BCUT2D eigenvalue weighted by Gasteiger charge is 2.41. The molecule has 0 atom stereocenters. The molecule has 0 bridgehead atoms. The van der Waals surface area contributed by atoms with E-state index >= 15 is 0 Å². The number of hydrogen-bond acceptors (Lipinski definition) is 2. The van der Waals surface area contributed by atoms with Crippen LogP contribution in [0.3, 0.4) is 0 Å². The Balaban J connectivity index is 1.94. The van der Waals surface area contributed by atoms with Crippen LogP contribution >= 0.6 is 0 Å². The van der Waals surface area contributed by atoms with Gasteiger partial charge in [-0.25, -0.2) is 0 Å². The number of rotatable bonds is 2. The van der Waals surface area contributed by atoms with Gasteiger partial charge in [0.2, 0.25) is 5.91 Å². The average Bonchev–Trinajstić information content (AvgIpc) is 2.51. The van der Waals surface area contributed by atoms with Gasteiger partial charge in [-0.1, -0.05) is 12.8 Å². The lowest BCUT2D eigenvalue weighted by atomic mass is 9.78. The largest absolute Gasteiger partial charge is 0.349 e. The molecule has 0 spiro atoms. The van der Waals surface area contributed by atoms with Crippen molar-refractivity contribution < 1.29 is 4.79 Å². The Morgan fingerprint density at radius 2 is 1.71 bits per heavy atom. The molecule has 0 unspecified atom stereocenters. The summed E-state index contributed by atoms with van der Waals surface area (Å²) in [6, 6.07) is 0. The van der Waals surface area contributed by atoms with Gasteiger partial charge in [0.25, 0.3) is 0 Å². The normalized spacial score (nSPS) is 28.1. The van der Waals surface area contributed by atoms with E-state index in [1.807, 2.05) is 0 Å². The van der Waals surface area contributed by atoms with Crippen molar-refractivity contribution in [2.75, 3.05) is 0 Å². The van der Waals surface area contributed by atoms with Crippen molar-refractivity contribution in [3.8, 4) is 0 Å². The summed E-state index contributed by atoms with van der Waals surface area (Å²) in [6.45, 7) is 2.12. The SMILES string of the molecule is CC1(NC(=O)C2(N)CCCC2)CCC1. The number of nitrogens with two attached hydrogens (primary N) is 1.